The van der Waals surface area contributed by atoms with E-state index in [-0.39, 0.29) is 12.0 Å². The average molecular weight is 418 g/mol. The molecule has 156 valence electrons. The van der Waals surface area contributed by atoms with E-state index in [0.29, 0.717) is 28.6 Å². The van der Waals surface area contributed by atoms with E-state index in [4.69, 9.17) is 0 Å². The van der Waals surface area contributed by atoms with Gasteiger partial charge in [-0.05, 0) is 42.2 Å². The highest BCUT2D eigenvalue weighted by atomic mass is 19.4. The summed E-state index contributed by atoms with van der Waals surface area (Å²) in [7, 11) is 1.23. The molecule has 2 N–H and O–H groups in total. The standard InChI is InChI=1S/C20H17F3N4O3/c1-30-19(29)27-17-7-3-6-15(13(17)10-24-27)25-18(28)26-16-9-8-11-12(16)4-2-5-14(11)20(21,22)23/h2-7,10,16H,8-9H2,1H3,(H2,25,26,28). The SMILES string of the molecule is COC(=O)n1ncc2c(NC(=O)NC3CCc4c3cccc4C(F)(F)F)cccc21. The zero-order valence-corrected chi connectivity index (χ0v) is 15.8. The molecule has 0 fully saturated rings. The largest absolute Gasteiger partial charge is 0.451 e. The smallest absolute Gasteiger partial charge is 0.434 e. The molecular formula is C20H17F3N4O3. The van der Waals surface area contributed by atoms with E-state index >= 15 is 0 Å². The summed E-state index contributed by atoms with van der Waals surface area (Å²) in [5.74, 6) is 0. The molecule has 0 saturated heterocycles. The molecule has 0 radical (unpaired) electrons. The van der Waals surface area contributed by atoms with Crippen LogP contribution in [0.5, 0.6) is 0 Å². The van der Waals surface area contributed by atoms with Crippen LogP contribution in [0.3, 0.4) is 0 Å². The minimum Gasteiger partial charge on any atom is -0.451 e. The molecule has 0 aliphatic heterocycles. The number of hydrogen-bond acceptors (Lipinski definition) is 4. The number of amides is 2. The maximum absolute atomic E-state index is 13.2. The lowest BCUT2D eigenvalue weighted by molar-refractivity contribution is -0.138. The Morgan fingerprint density at radius 1 is 1.20 bits per heavy atom. The van der Waals surface area contributed by atoms with Crippen LogP contribution in [-0.2, 0) is 17.3 Å². The molecule has 1 atom stereocenters. The minimum atomic E-state index is -4.43. The Kier molecular flexibility index (Phi) is 4.84. The van der Waals surface area contributed by atoms with E-state index in [1.54, 1.807) is 24.3 Å². The molecule has 30 heavy (non-hydrogen) atoms. The highest BCUT2D eigenvalue weighted by Gasteiger charge is 2.37. The molecule has 1 aliphatic carbocycles. The number of benzene rings is 2. The van der Waals surface area contributed by atoms with Crippen LogP contribution < -0.4 is 10.6 Å². The van der Waals surface area contributed by atoms with Crippen molar-refractivity contribution in [2.45, 2.75) is 25.1 Å². The molecule has 3 aromatic rings. The topological polar surface area (TPSA) is 85.2 Å². The number of nitrogens with zero attached hydrogens (tertiary/aromatic N) is 2. The van der Waals surface area contributed by atoms with E-state index in [0.717, 1.165) is 10.7 Å². The van der Waals surface area contributed by atoms with Crippen LogP contribution in [0.15, 0.2) is 42.6 Å². The number of aromatic nitrogens is 2. The van der Waals surface area contributed by atoms with Crippen molar-refractivity contribution in [1.82, 2.24) is 15.1 Å². The zero-order chi connectivity index (χ0) is 21.5. The number of methoxy groups -OCH3 is 1. The lowest BCUT2D eigenvalue weighted by Crippen LogP contribution is -2.31. The Morgan fingerprint density at radius 3 is 2.70 bits per heavy atom. The third-order valence-electron chi connectivity index (χ3n) is 5.09. The van der Waals surface area contributed by atoms with Crippen LogP contribution in [0.4, 0.5) is 28.4 Å². The second-order valence-corrected chi connectivity index (χ2v) is 6.83. The normalized spacial score (nSPS) is 15.7. The van der Waals surface area contributed by atoms with Crippen LogP contribution in [0.2, 0.25) is 0 Å². The molecule has 1 aliphatic rings. The lowest BCUT2D eigenvalue weighted by Gasteiger charge is -2.17. The third-order valence-corrected chi connectivity index (χ3v) is 5.09. The van der Waals surface area contributed by atoms with E-state index in [1.165, 1.54) is 19.4 Å². The fourth-order valence-corrected chi connectivity index (χ4v) is 3.78. The first-order valence-corrected chi connectivity index (χ1v) is 9.11. The average Bonchev–Trinajstić information content (AvgIpc) is 3.31. The second-order valence-electron chi connectivity index (χ2n) is 6.83. The Morgan fingerprint density at radius 2 is 1.97 bits per heavy atom. The first-order valence-electron chi connectivity index (χ1n) is 9.11. The number of carbonyl (C=O) groups excluding carboxylic acids is 2. The molecule has 0 bridgehead atoms. The number of ether oxygens (including phenoxy) is 1. The molecule has 0 saturated carbocycles. The van der Waals surface area contributed by atoms with Crippen LogP contribution in [-0.4, -0.2) is 29.0 Å². The Labute approximate surface area is 168 Å². The maximum atomic E-state index is 13.2. The molecule has 2 aromatic carbocycles. The van der Waals surface area contributed by atoms with Gasteiger partial charge in [0.25, 0.3) is 0 Å². The van der Waals surface area contributed by atoms with Crippen molar-refractivity contribution < 1.29 is 27.5 Å². The molecule has 1 heterocycles. The molecule has 2 amide bonds. The summed E-state index contributed by atoms with van der Waals surface area (Å²) in [6.45, 7) is 0. The van der Waals surface area contributed by atoms with Crippen LogP contribution in [0, 0.1) is 0 Å². The summed E-state index contributed by atoms with van der Waals surface area (Å²) in [5, 5.41) is 9.89. The van der Waals surface area contributed by atoms with E-state index in [1.807, 2.05) is 0 Å². The predicted octanol–water partition coefficient (Wildman–Crippen LogP) is 4.48. The van der Waals surface area contributed by atoms with Gasteiger partial charge in [-0.25, -0.2) is 9.59 Å². The van der Waals surface area contributed by atoms with Crippen molar-refractivity contribution in [3.8, 4) is 0 Å². The molecule has 1 aromatic heterocycles. The van der Waals surface area contributed by atoms with Gasteiger partial charge in [0.05, 0.1) is 36.1 Å². The number of anilines is 1. The summed E-state index contributed by atoms with van der Waals surface area (Å²) in [5.41, 5.74) is 0.876. The summed E-state index contributed by atoms with van der Waals surface area (Å²) in [6, 6.07) is 7.83. The Hall–Kier alpha value is -3.56. The van der Waals surface area contributed by atoms with Gasteiger partial charge in [-0.2, -0.15) is 23.0 Å². The fraction of sp³-hybridized carbons (Fsp3) is 0.250. The Bertz CT molecular complexity index is 1140. The van der Waals surface area contributed by atoms with Crippen molar-refractivity contribution in [3.05, 3.63) is 59.3 Å². The summed E-state index contributed by atoms with van der Waals surface area (Å²) >= 11 is 0. The van der Waals surface area contributed by atoms with Gasteiger partial charge in [-0.3, -0.25) is 0 Å². The van der Waals surface area contributed by atoms with Crippen molar-refractivity contribution in [2.24, 2.45) is 0 Å². The van der Waals surface area contributed by atoms with E-state index in [2.05, 4.69) is 20.5 Å². The van der Waals surface area contributed by atoms with E-state index < -0.39 is 29.9 Å². The van der Waals surface area contributed by atoms with Gasteiger partial charge >= 0.3 is 18.3 Å². The number of urea groups is 1. The van der Waals surface area contributed by atoms with Crippen molar-refractivity contribution in [1.29, 1.82) is 0 Å². The first kappa shape index (κ1) is 19.7. The highest BCUT2D eigenvalue weighted by Crippen LogP contribution is 2.40. The molecular weight excluding hydrogens is 401 g/mol. The number of nitrogens with one attached hydrogen (secondary N) is 2. The summed E-state index contributed by atoms with van der Waals surface area (Å²) < 4.78 is 45.4. The zero-order valence-electron chi connectivity index (χ0n) is 15.8. The van der Waals surface area contributed by atoms with Gasteiger partial charge in [0, 0.05) is 5.39 Å². The summed E-state index contributed by atoms with van der Waals surface area (Å²) in [4.78, 5) is 24.3. The number of alkyl halides is 3. The maximum Gasteiger partial charge on any atom is 0.434 e. The third kappa shape index (κ3) is 3.44. The lowest BCUT2D eigenvalue weighted by atomic mass is 10.0. The van der Waals surface area contributed by atoms with Gasteiger partial charge in [-0.15, -0.1) is 0 Å². The van der Waals surface area contributed by atoms with Gasteiger partial charge in [-0.1, -0.05) is 18.2 Å². The van der Waals surface area contributed by atoms with Crippen LogP contribution in [0.1, 0.15) is 29.2 Å². The van der Waals surface area contributed by atoms with E-state index in [9.17, 15) is 22.8 Å². The number of hydrogen-bond donors (Lipinski definition) is 2. The molecule has 1 unspecified atom stereocenters. The molecule has 0 spiro atoms. The van der Waals surface area contributed by atoms with Crippen LogP contribution >= 0.6 is 0 Å². The molecule has 4 rings (SSSR count). The quantitative estimate of drug-likeness (QED) is 0.643. The first-order chi connectivity index (χ1) is 14.3. The van der Waals surface area contributed by atoms with Crippen molar-refractivity contribution in [2.75, 3.05) is 12.4 Å². The minimum absolute atomic E-state index is 0.219. The van der Waals surface area contributed by atoms with Gasteiger partial charge in [0.1, 0.15) is 0 Å². The van der Waals surface area contributed by atoms with Crippen molar-refractivity contribution in [3.63, 3.8) is 0 Å². The fourth-order valence-electron chi connectivity index (χ4n) is 3.78. The Balaban J connectivity index is 1.54. The van der Waals surface area contributed by atoms with Crippen molar-refractivity contribution >= 4 is 28.7 Å². The number of carbonyl (C=O) groups is 2. The monoisotopic (exact) mass is 418 g/mol. The number of fused-ring (bicyclic) bond motifs is 2. The highest BCUT2D eigenvalue weighted by molar-refractivity contribution is 6.02. The van der Waals surface area contributed by atoms with Gasteiger partial charge in [0.2, 0.25) is 0 Å². The molecule has 7 nitrogen and oxygen atoms in total. The second kappa shape index (κ2) is 7.36. The van der Waals surface area contributed by atoms with Gasteiger partial charge < -0.3 is 15.4 Å². The van der Waals surface area contributed by atoms with Crippen LogP contribution in [0.25, 0.3) is 10.9 Å². The molecule has 10 heteroatoms. The summed E-state index contributed by atoms with van der Waals surface area (Å²) in [6.07, 6.45) is -3.08. The predicted molar refractivity (Wildman–Crippen MR) is 102 cm³/mol. The number of rotatable bonds is 2. The van der Waals surface area contributed by atoms with Gasteiger partial charge in [0.15, 0.2) is 0 Å². The number of halogens is 3.